The first kappa shape index (κ1) is 23.8. The minimum atomic E-state index is -0.241. The average Bonchev–Trinajstić information content (AvgIpc) is 2.87. The summed E-state index contributed by atoms with van der Waals surface area (Å²) in [5, 5.41) is 0. The molecular weight excluding hydrogens is 428 g/mol. The second-order valence-corrected chi connectivity index (χ2v) is 8.95. The molecule has 1 aliphatic carbocycles. The molecule has 1 heterocycles. The van der Waals surface area contributed by atoms with Gasteiger partial charge in [-0.05, 0) is 67.4 Å². The first-order valence-corrected chi connectivity index (χ1v) is 11.7. The van der Waals surface area contributed by atoms with Crippen LogP contribution < -0.4 is 9.47 Å². The number of carbonyl (C=O) groups excluding carboxylic acids is 2. The molecule has 6 nitrogen and oxygen atoms in total. The number of likely N-dealkylation sites (N-methyl/N-ethyl adjacent to an activating group) is 1. The molecule has 1 amide bonds. The minimum Gasteiger partial charge on any atom is -0.497 e. The number of hydrogen-bond acceptors (Lipinski definition) is 5. The molecule has 178 valence electrons. The number of nitrogens with zero attached hydrogens (tertiary/aromatic N) is 2. The predicted octanol–water partition coefficient (Wildman–Crippen LogP) is 3.92. The molecule has 0 radical (unpaired) electrons. The molecule has 1 saturated heterocycles. The molecule has 2 aliphatic rings. The number of benzene rings is 2. The van der Waals surface area contributed by atoms with Gasteiger partial charge in [0.05, 0.1) is 14.2 Å². The van der Waals surface area contributed by atoms with Gasteiger partial charge in [0.2, 0.25) is 5.91 Å². The second kappa shape index (κ2) is 10.7. The molecule has 6 heteroatoms. The van der Waals surface area contributed by atoms with Gasteiger partial charge in [0.15, 0.2) is 5.78 Å². The van der Waals surface area contributed by atoms with E-state index in [-0.39, 0.29) is 17.6 Å². The molecule has 0 unspecified atom stereocenters. The molecule has 0 bridgehead atoms. The third kappa shape index (κ3) is 5.57. The van der Waals surface area contributed by atoms with Crippen LogP contribution in [0.4, 0.5) is 0 Å². The van der Waals surface area contributed by atoms with Gasteiger partial charge in [-0.15, -0.1) is 0 Å². The van der Waals surface area contributed by atoms with E-state index in [1.165, 1.54) is 0 Å². The maximum atomic E-state index is 13.5. The van der Waals surface area contributed by atoms with Crippen molar-refractivity contribution in [1.82, 2.24) is 9.80 Å². The minimum absolute atomic E-state index is 0.00839. The lowest BCUT2D eigenvalue weighted by Gasteiger charge is -2.36. The molecule has 2 aromatic rings. The van der Waals surface area contributed by atoms with E-state index >= 15 is 0 Å². The number of methoxy groups -OCH3 is 2. The van der Waals surface area contributed by atoms with E-state index in [9.17, 15) is 9.59 Å². The van der Waals surface area contributed by atoms with Crippen molar-refractivity contribution in [2.45, 2.75) is 12.8 Å². The molecule has 0 N–H and O–H groups in total. The van der Waals surface area contributed by atoms with Crippen molar-refractivity contribution in [3.8, 4) is 11.5 Å². The van der Waals surface area contributed by atoms with Crippen LogP contribution in [0, 0.1) is 5.92 Å². The van der Waals surface area contributed by atoms with Gasteiger partial charge in [0.25, 0.3) is 0 Å². The average molecular weight is 461 g/mol. The molecule has 2 aromatic carbocycles. The highest BCUT2D eigenvalue weighted by Gasteiger charge is 2.35. The highest BCUT2D eigenvalue weighted by Crippen LogP contribution is 2.34. The summed E-state index contributed by atoms with van der Waals surface area (Å²) in [6.07, 6.45) is 4.73. The van der Waals surface area contributed by atoms with Gasteiger partial charge in [-0.3, -0.25) is 9.59 Å². The van der Waals surface area contributed by atoms with Crippen molar-refractivity contribution in [3.05, 3.63) is 70.8 Å². The summed E-state index contributed by atoms with van der Waals surface area (Å²) >= 11 is 0. The zero-order valence-electron chi connectivity index (χ0n) is 20.1. The van der Waals surface area contributed by atoms with Crippen LogP contribution in [0.3, 0.4) is 0 Å². The van der Waals surface area contributed by atoms with Crippen LogP contribution in [0.5, 0.6) is 11.5 Å². The topological polar surface area (TPSA) is 59.1 Å². The SMILES string of the molecule is COc1ccc(/C=C2\CC(C(=O)N3CCN(C)CC3)C/C(=C\c3ccc(OC)cc3)C2=O)cc1. The third-order valence-corrected chi connectivity index (χ3v) is 6.59. The summed E-state index contributed by atoms with van der Waals surface area (Å²) in [7, 11) is 5.33. The lowest BCUT2D eigenvalue weighted by Crippen LogP contribution is -2.49. The number of ketones is 1. The van der Waals surface area contributed by atoms with Gasteiger partial charge in [-0.1, -0.05) is 24.3 Å². The van der Waals surface area contributed by atoms with Gasteiger partial charge in [-0.25, -0.2) is 0 Å². The Bertz CT molecular complexity index is 1010. The number of hydrogen-bond donors (Lipinski definition) is 0. The van der Waals surface area contributed by atoms with Gasteiger partial charge in [-0.2, -0.15) is 0 Å². The van der Waals surface area contributed by atoms with E-state index in [4.69, 9.17) is 9.47 Å². The molecule has 0 spiro atoms. The second-order valence-electron chi connectivity index (χ2n) is 8.95. The van der Waals surface area contributed by atoms with Gasteiger partial charge >= 0.3 is 0 Å². The Balaban J connectivity index is 1.64. The van der Waals surface area contributed by atoms with Crippen LogP contribution in [0.15, 0.2) is 59.7 Å². The van der Waals surface area contributed by atoms with Crippen molar-refractivity contribution in [2.75, 3.05) is 47.4 Å². The summed E-state index contributed by atoms with van der Waals surface area (Å²) < 4.78 is 10.5. The summed E-state index contributed by atoms with van der Waals surface area (Å²) in [5.74, 6) is 1.44. The standard InChI is InChI=1S/C28H32N2O4/c1-29-12-14-30(15-13-29)28(32)24-18-22(16-20-4-8-25(33-2)9-5-20)27(31)23(19-24)17-21-6-10-26(34-3)11-7-21/h4-11,16-17,24H,12-15,18-19H2,1-3H3/b22-16+,23-17+. The number of Topliss-reactive ketones (excluding diaryl/α,β-unsaturated/α-hetero) is 1. The summed E-state index contributed by atoms with van der Waals surface area (Å²) in [5.41, 5.74) is 3.17. The first-order chi connectivity index (χ1) is 16.5. The molecule has 0 atom stereocenters. The fourth-order valence-corrected chi connectivity index (χ4v) is 4.51. The molecular formula is C28H32N2O4. The normalized spacial score (nSPS) is 21.7. The highest BCUT2D eigenvalue weighted by molar-refractivity contribution is 6.15. The number of carbonyl (C=O) groups is 2. The summed E-state index contributed by atoms with van der Waals surface area (Å²) in [6.45, 7) is 3.21. The van der Waals surface area contributed by atoms with Crippen LogP contribution in [-0.4, -0.2) is 68.9 Å². The van der Waals surface area contributed by atoms with E-state index in [0.717, 1.165) is 48.8 Å². The van der Waals surface area contributed by atoms with Crippen molar-refractivity contribution in [1.29, 1.82) is 0 Å². The Labute approximate surface area is 201 Å². The molecule has 34 heavy (non-hydrogen) atoms. The van der Waals surface area contributed by atoms with E-state index in [1.54, 1.807) is 14.2 Å². The Kier molecular flexibility index (Phi) is 7.48. The molecule has 1 aliphatic heterocycles. The maximum Gasteiger partial charge on any atom is 0.226 e. The predicted molar refractivity (Wildman–Crippen MR) is 134 cm³/mol. The quantitative estimate of drug-likeness (QED) is 0.633. The van der Waals surface area contributed by atoms with E-state index < -0.39 is 0 Å². The molecule has 1 saturated carbocycles. The van der Waals surface area contributed by atoms with Crippen LogP contribution in [0.2, 0.25) is 0 Å². The van der Waals surface area contributed by atoms with Crippen LogP contribution in [0.1, 0.15) is 24.0 Å². The third-order valence-electron chi connectivity index (χ3n) is 6.59. The Hall–Kier alpha value is -3.38. The lowest BCUT2D eigenvalue weighted by atomic mass is 9.79. The van der Waals surface area contributed by atoms with E-state index in [0.29, 0.717) is 24.0 Å². The van der Waals surface area contributed by atoms with Gasteiger partial charge < -0.3 is 19.3 Å². The Morgan fingerprint density at radius 2 is 1.24 bits per heavy atom. The van der Waals surface area contributed by atoms with Crippen LogP contribution in [0.25, 0.3) is 12.2 Å². The van der Waals surface area contributed by atoms with E-state index in [2.05, 4.69) is 11.9 Å². The van der Waals surface area contributed by atoms with E-state index in [1.807, 2.05) is 65.6 Å². The maximum absolute atomic E-state index is 13.5. The fourth-order valence-electron chi connectivity index (χ4n) is 4.51. The zero-order chi connectivity index (χ0) is 24.1. The van der Waals surface area contributed by atoms with Crippen molar-refractivity contribution in [3.63, 3.8) is 0 Å². The van der Waals surface area contributed by atoms with Crippen molar-refractivity contribution < 1.29 is 19.1 Å². The summed E-state index contributed by atoms with van der Waals surface area (Å²) in [4.78, 5) is 31.1. The van der Waals surface area contributed by atoms with Gasteiger partial charge in [0, 0.05) is 43.2 Å². The van der Waals surface area contributed by atoms with Crippen LogP contribution in [-0.2, 0) is 9.59 Å². The number of allylic oxidation sites excluding steroid dienone is 2. The summed E-state index contributed by atoms with van der Waals surface area (Å²) in [6, 6.07) is 15.2. The Morgan fingerprint density at radius 1 is 0.794 bits per heavy atom. The monoisotopic (exact) mass is 460 g/mol. The number of rotatable bonds is 5. The van der Waals surface area contributed by atoms with Crippen molar-refractivity contribution in [2.24, 2.45) is 5.92 Å². The largest absolute Gasteiger partial charge is 0.497 e. The Morgan fingerprint density at radius 3 is 1.65 bits per heavy atom. The van der Waals surface area contributed by atoms with Crippen LogP contribution >= 0.6 is 0 Å². The fraction of sp³-hybridized carbons (Fsp3) is 0.357. The lowest BCUT2D eigenvalue weighted by molar-refractivity contribution is -0.137. The number of amides is 1. The first-order valence-electron chi connectivity index (χ1n) is 11.7. The highest BCUT2D eigenvalue weighted by atomic mass is 16.5. The smallest absolute Gasteiger partial charge is 0.226 e. The number of ether oxygens (including phenoxy) is 2. The zero-order valence-corrected chi connectivity index (χ0v) is 20.1. The number of piperazine rings is 1. The molecule has 4 rings (SSSR count). The van der Waals surface area contributed by atoms with Crippen molar-refractivity contribution >= 4 is 23.8 Å². The molecule has 2 fully saturated rings. The molecule has 0 aromatic heterocycles. The van der Waals surface area contributed by atoms with Gasteiger partial charge in [0.1, 0.15) is 11.5 Å².